The molecule has 0 aliphatic rings. The third-order valence-electron chi connectivity index (χ3n) is 2.17. The second-order valence-corrected chi connectivity index (χ2v) is 3.37. The number of alkyl halides is 1. The van der Waals surface area contributed by atoms with Crippen molar-refractivity contribution in [2.45, 2.75) is 26.1 Å². The molecule has 0 unspecified atom stereocenters. The minimum atomic E-state index is -0.358. The zero-order valence-corrected chi connectivity index (χ0v) is 9.97. The molecule has 0 amide bonds. The van der Waals surface area contributed by atoms with Crippen LogP contribution >= 0.6 is 11.6 Å². The fourth-order valence-electron chi connectivity index (χ4n) is 1.50. The minimum absolute atomic E-state index is 0.283. The standard InChI is InChI=1S/C10H15ClN2O2/c1-4-8-7(6-11)9(13(3)12-8)10(14)15-5-2/h4-6H2,1-3H3. The number of ether oxygens (including phenoxy) is 1. The first-order valence-corrected chi connectivity index (χ1v) is 5.46. The zero-order chi connectivity index (χ0) is 11.4. The fraction of sp³-hybridized carbons (Fsp3) is 0.600. The highest BCUT2D eigenvalue weighted by Crippen LogP contribution is 2.17. The average molecular weight is 231 g/mol. The Morgan fingerprint density at radius 1 is 1.53 bits per heavy atom. The van der Waals surface area contributed by atoms with Crippen LogP contribution in [0.4, 0.5) is 0 Å². The summed E-state index contributed by atoms with van der Waals surface area (Å²) in [7, 11) is 1.72. The number of esters is 1. The van der Waals surface area contributed by atoms with Crippen molar-refractivity contribution in [2.24, 2.45) is 7.05 Å². The molecule has 1 aromatic heterocycles. The van der Waals surface area contributed by atoms with Crippen molar-refractivity contribution >= 4 is 17.6 Å². The smallest absolute Gasteiger partial charge is 0.356 e. The Kier molecular flexibility index (Phi) is 4.15. The van der Waals surface area contributed by atoms with Gasteiger partial charge in [-0.25, -0.2) is 4.79 Å². The molecule has 0 saturated heterocycles. The molecular weight excluding hydrogens is 216 g/mol. The van der Waals surface area contributed by atoms with Gasteiger partial charge in [-0.15, -0.1) is 11.6 Å². The Labute approximate surface area is 94.2 Å². The topological polar surface area (TPSA) is 44.1 Å². The molecule has 1 aromatic rings. The number of halogens is 1. The molecule has 0 aromatic carbocycles. The van der Waals surface area contributed by atoms with Gasteiger partial charge in [-0.1, -0.05) is 6.92 Å². The molecule has 0 N–H and O–H groups in total. The molecule has 0 fully saturated rings. The van der Waals surface area contributed by atoms with Crippen LogP contribution in [0, 0.1) is 0 Å². The number of nitrogens with zero attached hydrogens (tertiary/aromatic N) is 2. The van der Waals surface area contributed by atoms with E-state index in [2.05, 4.69) is 5.10 Å². The summed E-state index contributed by atoms with van der Waals surface area (Å²) in [6.07, 6.45) is 0.759. The van der Waals surface area contributed by atoms with Gasteiger partial charge in [-0.2, -0.15) is 5.10 Å². The van der Waals surface area contributed by atoms with Crippen LogP contribution in [0.2, 0.25) is 0 Å². The lowest BCUT2D eigenvalue weighted by atomic mass is 10.1. The van der Waals surface area contributed by atoms with Crippen LogP contribution in [0.25, 0.3) is 0 Å². The van der Waals surface area contributed by atoms with Gasteiger partial charge in [0.05, 0.1) is 18.2 Å². The lowest BCUT2D eigenvalue weighted by Gasteiger charge is -2.03. The van der Waals surface area contributed by atoms with E-state index in [1.165, 1.54) is 4.68 Å². The van der Waals surface area contributed by atoms with Crippen molar-refractivity contribution in [3.8, 4) is 0 Å². The van der Waals surface area contributed by atoms with Gasteiger partial charge in [0.15, 0.2) is 5.69 Å². The molecule has 84 valence electrons. The number of rotatable bonds is 4. The van der Waals surface area contributed by atoms with Gasteiger partial charge >= 0.3 is 5.97 Å². The minimum Gasteiger partial charge on any atom is -0.461 e. The van der Waals surface area contributed by atoms with Crippen molar-refractivity contribution in [1.29, 1.82) is 0 Å². The average Bonchev–Trinajstić information content (AvgIpc) is 2.54. The fourth-order valence-corrected chi connectivity index (χ4v) is 1.78. The van der Waals surface area contributed by atoms with E-state index < -0.39 is 0 Å². The molecule has 1 heterocycles. The van der Waals surface area contributed by atoms with Crippen LogP contribution in [0.1, 0.15) is 35.6 Å². The van der Waals surface area contributed by atoms with Crippen LogP contribution in [0.3, 0.4) is 0 Å². The van der Waals surface area contributed by atoms with Crippen LogP contribution < -0.4 is 0 Å². The molecule has 5 heteroatoms. The lowest BCUT2D eigenvalue weighted by Crippen LogP contribution is -2.12. The van der Waals surface area contributed by atoms with E-state index in [4.69, 9.17) is 16.3 Å². The summed E-state index contributed by atoms with van der Waals surface area (Å²) in [6, 6.07) is 0. The molecule has 0 atom stereocenters. The third-order valence-corrected chi connectivity index (χ3v) is 2.43. The van der Waals surface area contributed by atoms with Crippen molar-refractivity contribution in [3.63, 3.8) is 0 Å². The number of carbonyl (C=O) groups excluding carboxylic acids is 1. The highest BCUT2D eigenvalue weighted by molar-refractivity contribution is 6.17. The van der Waals surface area contributed by atoms with E-state index in [1.807, 2.05) is 6.92 Å². The van der Waals surface area contributed by atoms with E-state index in [0.29, 0.717) is 12.3 Å². The van der Waals surface area contributed by atoms with E-state index >= 15 is 0 Å². The molecule has 0 radical (unpaired) electrons. The number of aryl methyl sites for hydroxylation is 2. The van der Waals surface area contributed by atoms with Crippen LogP contribution in [-0.4, -0.2) is 22.4 Å². The predicted octanol–water partition coefficient (Wildman–Crippen LogP) is 1.90. The van der Waals surface area contributed by atoms with Crippen molar-refractivity contribution < 1.29 is 9.53 Å². The molecular formula is C10H15ClN2O2. The van der Waals surface area contributed by atoms with Crippen LogP contribution in [-0.2, 0) is 24.1 Å². The summed E-state index contributed by atoms with van der Waals surface area (Å²) >= 11 is 5.81. The summed E-state index contributed by atoms with van der Waals surface area (Å²) in [6.45, 7) is 4.11. The monoisotopic (exact) mass is 230 g/mol. The quantitative estimate of drug-likeness (QED) is 0.586. The zero-order valence-electron chi connectivity index (χ0n) is 9.21. The largest absolute Gasteiger partial charge is 0.461 e. The number of carbonyl (C=O) groups is 1. The molecule has 0 saturated carbocycles. The van der Waals surface area contributed by atoms with Crippen LogP contribution in [0.15, 0.2) is 0 Å². The Morgan fingerprint density at radius 3 is 2.67 bits per heavy atom. The Morgan fingerprint density at radius 2 is 2.20 bits per heavy atom. The normalized spacial score (nSPS) is 10.4. The summed E-state index contributed by atoms with van der Waals surface area (Å²) in [5, 5.41) is 4.23. The van der Waals surface area contributed by atoms with Crippen molar-refractivity contribution in [2.75, 3.05) is 6.61 Å². The van der Waals surface area contributed by atoms with Crippen LogP contribution in [0.5, 0.6) is 0 Å². The van der Waals surface area contributed by atoms with Crippen molar-refractivity contribution in [1.82, 2.24) is 9.78 Å². The molecule has 1 rings (SSSR count). The van der Waals surface area contributed by atoms with Crippen molar-refractivity contribution in [3.05, 3.63) is 17.0 Å². The highest BCUT2D eigenvalue weighted by atomic mass is 35.5. The summed E-state index contributed by atoms with van der Waals surface area (Å²) in [5.74, 6) is -0.0756. The molecule has 15 heavy (non-hydrogen) atoms. The van der Waals surface area contributed by atoms with Gasteiger partial charge in [0.25, 0.3) is 0 Å². The molecule has 4 nitrogen and oxygen atoms in total. The van der Waals surface area contributed by atoms with E-state index in [9.17, 15) is 4.79 Å². The second kappa shape index (κ2) is 5.16. The maximum absolute atomic E-state index is 11.6. The Balaban J connectivity index is 3.15. The molecule has 0 bridgehead atoms. The SMILES string of the molecule is CCOC(=O)c1c(CCl)c(CC)nn1C. The van der Waals surface area contributed by atoms with Gasteiger partial charge in [-0.05, 0) is 13.3 Å². The molecule has 0 aliphatic heterocycles. The van der Waals surface area contributed by atoms with E-state index in [-0.39, 0.29) is 11.8 Å². The van der Waals surface area contributed by atoms with E-state index in [1.54, 1.807) is 14.0 Å². The highest BCUT2D eigenvalue weighted by Gasteiger charge is 2.21. The summed E-state index contributed by atoms with van der Waals surface area (Å²) < 4.78 is 6.49. The number of hydrogen-bond donors (Lipinski definition) is 0. The maximum atomic E-state index is 11.6. The first-order valence-electron chi connectivity index (χ1n) is 4.93. The van der Waals surface area contributed by atoms with Gasteiger partial charge in [0.1, 0.15) is 0 Å². The Bertz CT molecular complexity index is 361. The predicted molar refractivity (Wildman–Crippen MR) is 58.1 cm³/mol. The summed E-state index contributed by atoms with van der Waals surface area (Å²) in [5.41, 5.74) is 2.10. The van der Waals surface area contributed by atoms with Gasteiger partial charge in [0.2, 0.25) is 0 Å². The summed E-state index contributed by atoms with van der Waals surface area (Å²) in [4.78, 5) is 11.6. The van der Waals surface area contributed by atoms with Gasteiger partial charge in [0, 0.05) is 12.6 Å². The lowest BCUT2D eigenvalue weighted by molar-refractivity contribution is 0.0512. The van der Waals surface area contributed by atoms with Gasteiger partial charge < -0.3 is 4.74 Å². The first kappa shape index (κ1) is 12.0. The van der Waals surface area contributed by atoms with Gasteiger partial charge in [-0.3, -0.25) is 4.68 Å². The maximum Gasteiger partial charge on any atom is 0.356 e. The molecule has 0 spiro atoms. The molecule has 0 aliphatic carbocycles. The number of aromatic nitrogens is 2. The Hall–Kier alpha value is -1.03. The second-order valence-electron chi connectivity index (χ2n) is 3.11. The first-order chi connectivity index (χ1) is 7.15. The number of hydrogen-bond acceptors (Lipinski definition) is 3. The third kappa shape index (κ3) is 2.31. The van der Waals surface area contributed by atoms with E-state index in [0.717, 1.165) is 17.7 Å².